The van der Waals surface area contributed by atoms with E-state index in [1.807, 2.05) is 0 Å². The van der Waals surface area contributed by atoms with Crippen LogP contribution in [0.1, 0.15) is 27.2 Å². The number of carbonyl (C=O) groups excluding carboxylic acids is 1. The van der Waals surface area contributed by atoms with E-state index in [0.717, 1.165) is 4.90 Å². The fourth-order valence-corrected chi connectivity index (χ4v) is 3.35. The molecular formula is C15H22FNO3S2. The lowest BCUT2D eigenvalue weighted by atomic mass is 10.3. The highest BCUT2D eigenvalue weighted by atomic mass is 32.2. The molecule has 0 aromatic heterocycles. The minimum Gasteiger partial charge on any atom is -0.355 e. The summed E-state index contributed by atoms with van der Waals surface area (Å²) in [5.41, 5.74) is 0. The Morgan fingerprint density at radius 3 is 2.36 bits per heavy atom. The highest BCUT2D eigenvalue weighted by Gasteiger charge is 2.28. The number of sulfone groups is 1. The van der Waals surface area contributed by atoms with E-state index in [1.54, 1.807) is 32.9 Å². The summed E-state index contributed by atoms with van der Waals surface area (Å²) in [4.78, 5) is 12.5. The van der Waals surface area contributed by atoms with E-state index >= 15 is 0 Å². The van der Waals surface area contributed by atoms with Gasteiger partial charge in [0.2, 0.25) is 5.91 Å². The van der Waals surface area contributed by atoms with Crippen molar-refractivity contribution < 1.29 is 17.6 Å². The lowest BCUT2D eigenvalue weighted by Crippen LogP contribution is -2.36. The molecule has 4 nitrogen and oxygen atoms in total. The van der Waals surface area contributed by atoms with Crippen LogP contribution in [0.3, 0.4) is 0 Å². The average Bonchev–Trinajstić information content (AvgIpc) is 2.39. The number of amides is 1. The van der Waals surface area contributed by atoms with Crippen molar-refractivity contribution in [3.8, 4) is 0 Å². The first kappa shape index (κ1) is 19.0. The number of hydrogen-bond acceptors (Lipinski definition) is 4. The Hall–Kier alpha value is -1.08. The summed E-state index contributed by atoms with van der Waals surface area (Å²) in [6.07, 6.45) is 0.289. The smallest absolute Gasteiger partial charge is 0.220 e. The molecule has 0 bridgehead atoms. The molecule has 0 radical (unpaired) electrons. The molecule has 0 unspecified atom stereocenters. The fraction of sp³-hybridized carbons (Fsp3) is 0.533. The van der Waals surface area contributed by atoms with Gasteiger partial charge in [-0.05, 0) is 45.0 Å². The van der Waals surface area contributed by atoms with Crippen molar-refractivity contribution in [2.24, 2.45) is 0 Å². The van der Waals surface area contributed by atoms with Crippen LogP contribution in [0.15, 0.2) is 29.2 Å². The van der Waals surface area contributed by atoms with Crippen LogP contribution in [-0.4, -0.2) is 37.1 Å². The van der Waals surface area contributed by atoms with Gasteiger partial charge >= 0.3 is 0 Å². The summed E-state index contributed by atoms with van der Waals surface area (Å²) in [6, 6.07) is 6.07. The monoisotopic (exact) mass is 347 g/mol. The van der Waals surface area contributed by atoms with Crippen molar-refractivity contribution in [2.75, 3.05) is 18.1 Å². The Bertz CT molecular complexity index is 592. The van der Waals surface area contributed by atoms with E-state index < -0.39 is 14.6 Å². The summed E-state index contributed by atoms with van der Waals surface area (Å²) in [6.45, 7) is 5.05. The zero-order valence-corrected chi connectivity index (χ0v) is 14.7. The average molecular weight is 347 g/mol. The van der Waals surface area contributed by atoms with Gasteiger partial charge in [-0.25, -0.2) is 12.8 Å². The quantitative estimate of drug-likeness (QED) is 0.770. The zero-order valence-electron chi connectivity index (χ0n) is 13.1. The predicted octanol–water partition coefficient (Wildman–Crippen LogP) is 2.64. The summed E-state index contributed by atoms with van der Waals surface area (Å²) in [7, 11) is -3.22. The van der Waals surface area contributed by atoms with E-state index in [-0.39, 0.29) is 30.4 Å². The molecule has 0 saturated carbocycles. The maximum Gasteiger partial charge on any atom is 0.220 e. The molecule has 0 aliphatic rings. The van der Waals surface area contributed by atoms with Crippen molar-refractivity contribution in [1.29, 1.82) is 0 Å². The number of nitrogens with one attached hydrogen (secondary N) is 1. The van der Waals surface area contributed by atoms with Crippen molar-refractivity contribution in [3.63, 3.8) is 0 Å². The third-order valence-corrected chi connectivity index (χ3v) is 6.66. The van der Waals surface area contributed by atoms with E-state index in [9.17, 15) is 17.6 Å². The van der Waals surface area contributed by atoms with Crippen LogP contribution in [0.25, 0.3) is 0 Å². The number of rotatable bonds is 7. The standard InChI is InChI=1S/C15H22FNO3S2/c1-15(2,3)22(19,20)11-9-17-14(18)8-10-21-13-6-4-12(16)5-7-13/h4-7H,8-11H2,1-3H3,(H,17,18). The van der Waals surface area contributed by atoms with E-state index in [2.05, 4.69) is 5.32 Å². The molecule has 0 atom stereocenters. The predicted molar refractivity (Wildman–Crippen MR) is 88.3 cm³/mol. The highest BCUT2D eigenvalue weighted by molar-refractivity contribution is 7.99. The van der Waals surface area contributed by atoms with E-state index in [4.69, 9.17) is 0 Å². The molecule has 7 heteroatoms. The van der Waals surface area contributed by atoms with Gasteiger partial charge in [0.15, 0.2) is 9.84 Å². The molecule has 0 saturated heterocycles. The molecule has 1 rings (SSSR count). The Morgan fingerprint density at radius 2 is 1.82 bits per heavy atom. The molecule has 1 aromatic rings. The zero-order chi connectivity index (χ0) is 16.8. The van der Waals surface area contributed by atoms with Crippen LogP contribution in [0.4, 0.5) is 4.39 Å². The first-order valence-electron chi connectivity index (χ1n) is 6.99. The third kappa shape index (κ3) is 6.36. The van der Waals surface area contributed by atoms with Gasteiger partial charge in [0.05, 0.1) is 10.5 Å². The van der Waals surface area contributed by atoms with Crippen LogP contribution < -0.4 is 5.32 Å². The first-order chi connectivity index (χ1) is 10.1. The highest BCUT2D eigenvalue weighted by Crippen LogP contribution is 2.18. The van der Waals surface area contributed by atoms with Crippen molar-refractivity contribution >= 4 is 27.5 Å². The maximum absolute atomic E-state index is 12.7. The lowest BCUT2D eigenvalue weighted by Gasteiger charge is -2.19. The van der Waals surface area contributed by atoms with Crippen LogP contribution in [0, 0.1) is 5.82 Å². The van der Waals surface area contributed by atoms with Gasteiger partial charge in [0.1, 0.15) is 5.82 Å². The molecule has 22 heavy (non-hydrogen) atoms. The summed E-state index contributed by atoms with van der Waals surface area (Å²) in [5.74, 6) is 0.0254. The molecule has 1 amide bonds. The molecule has 0 aliphatic carbocycles. The molecule has 0 aliphatic heterocycles. The number of thioether (sulfide) groups is 1. The molecule has 0 heterocycles. The van der Waals surface area contributed by atoms with Crippen molar-refractivity contribution in [3.05, 3.63) is 30.1 Å². The van der Waals surface area contributed by atoms with Gasteiger partial charge < -0.3 is 5.32 Å². The molecule has 0 fully saturated rings. The molecule has 1 aromatic carbocycles. The van der Waals surface area contributed by atoms with Crippen LogP contribution in [0.5, 0.6) is 0 Å². The van der Waals surface area contributed by atoms with Crippen LogP contribution in [-0.2, 0) is 14.6 Å². The summed E-state index contributed by atoms with van der Waals surface area (Å²) < 4.78 is 35.7. The first-order valence-corrected chi connectivity index (χ1v) is 9.63. The largest absolute Gasteiger partial charge is 0.355 e. The van der Waals surface area contributed by atoms with E-state index in [1.165, 1.54) is 23.9 Å². The second-order valence-corrected chi connectivity index (χ2v) is 9.86. The molecule has 0 spiro atoms. The second-order valence-electron chi connectivity index (χ2n) is 5.83. The molecular weight excluding hydrogens is 325 g/mol. The van der Waals surface area contributed by atoms with Crippen LogP contribution in [0.2, 0.25) is 0 Å². The molecule has 124 valence electrons. The van der Waals surface area contributed by atoms with Gasteiger partial charge in [-0.2, -0.15) is 0 Å². The topological polar surface area (TPSA) is 63.2 Å². The fourth-order valence-electron chi connectivity index (χ4n) is 1.51. The SMILES string of the molecule is CC(C)(C)S(=O)(=O)CCNC(=O)CCSc1ccc(F)cc1. The van der Waals surface area contributed by atoms with Gasteiger partial charge in [0, 0.05) is 23.6 Å². The van der Waals surface area contributed by atoms with Crippen LogP contribution >= 0.6 is 11.8 Å². The Morgan fingerprint density at radius 1 is 1.23 bits per heavy atom. The minimum absolute atomic E-state index is 0.0622. The number of carbonyl (C=O) groups is 1. The summed E-state index contributed by atoms with van der Waals surface area (Å²) in [5, 5.41) is 2.61. The van der Waals surface area contributed by atoms with Crippen molar-refractivity contribution in [2.45, 2.75) is 36.8 Å². The summed E-state index contributed by atoms with van der Waals surface area (Å²) >= 11 is 1.45. The van der Waals surface area contributed by atoms with Gasteiger partial charge in [-0.15, -0.1) is 11.8 Å². The number of benzene rings is 1. The number of halogens is 1. The Labute approximate surface area is 135 Å². The minimum atomic E-state index is -3.22. The lowest BCUT2D eigenvalue weighted by molar-refractivity contribution is -0.120. The second kappa shape index (κ2) is 7.97. The third-order valence-electron chi connectivity index (χ3n) is 3.04. The Balaban J connectivity index is 2.26. The maximum atomic E-state index is 12.7. The number of hydrogen-bond donors (Lipinski definition) is 1. The van der Waals surface area contributed by atoms with Crippen molar-refractivity contribution in [1.82, 2.24) is 5.32 Å². The van der Waals surface area contributed by atoms with Gasteiger partial charge in [-0.1, -0.05) is 0 Å². The van der Waals surface area contributed by atoms with E-state index in [0.29, 0.717) is 5.75 Å². The molecule has 1 N–H and O–H groups in total. The Kier molecular flexibility index (Phi) is 6.87. The normalized spacial score (nSPS) is 12.2. The van der Waals surface area contributed by atoms with Gasteiger partial charge in [0.25, 0.3) is 0 Å². The van der Waals surface area contributed by atoms with Gasteiger partial charge in [-0.3, -0.25) is 4.79 Å².